The van der Waals surface area contributed by atoms with E-state index in [0.29, 0.717) is 19.3 Å². The van der Waals surface area contributed by atoms with Crippen LogP contribution in [-0.2, 0) is 23.8 Å². The molecule has 0 aromatic rings. The van der Waals surface area contributed by atoms with Crippen LogP contribution in [0.25, 0.3) is 0 Å². The highest BCUT2D eigenvalue weighted by Crippen LogP contribution is 2.26. The summed E-state index contributed by atoms with van der Waals surface area (Å²) in [6, 6.07) is -1.03. The number of unbranched alkanes of at least 4 members (excludes halogenated alkanes) is 39. The number of rotatable bonds is 65. The lowest BCUT2D eigenvalue weighted by atomic mass is 9.99. The van der Waals surface area contributed by atoms with Crippen LogP contribution in [-0.4, -0.2) is 99.6 Å². The number of amides is 1. The summed E-state index contributed by atoms with van der Waals surface area (Å²) in [5.41, 5.74) is 0. The van der Waals surface area contributed by atoms with Crippen LogP contribution in [0.15, 0.2) is 85.1 Å². The van der Waals surface area contributed by atoms with E-state index in [1.54, 1.807) is 6.08 Å². The monoisotopic (exact) mass is 1260 g/mol. The van der Waals surface area contributed by atoms with Gasteiger partial charge in [0.15, 0.2) is 12.4 Å². The summed E-state index contributed by atoms with van der Waals surface area (Å²) < 4.78 is 17.7. The van der Waals surface area contributed by atoms with Crippen LogP contribution in [0.1, 0.15) is 342 Å². The largest absolute Gasteiger partial charge is 0.454 e. The van der Waals surface area contributed by atoms with Crippen LogP contribution in [0, 0.1) is 0 Å². The maximum Gasteiger partial charge on any atom is 0.306 e. The highest BCUT2D eigenvalue weighted by Gasteiger charge is 2.47. The fraction of sp³-hybridized carbons (Fsp3) is 0.797. The standard InChI is InChI=1S/C79H141NO10/c1-4-7-10-13-16-19-22-25-27-29-31-33-35-36-37-38-39-41-43-45-47-49-52-55-58-61-64-67-74(84)90-77-76(86)75(85)73(68-81)89-79(77)88-69-70(71(82)65-62-59-56-53-50-24-21-18-15-12-9-6-3)80-78(87)72(83)66-63-60-57-54-51-48-46-44-42-40-34-32-30-28-26-23-20-17-14-11-8-5-2/h7,10,16,19,25-28,31,33,36-37,62,65,70-73,75-77,79,81-83,85-86H,4-6,8-9,11-15,17-18,20-24,29-30,32,34-35,38-61,63-64,66-69H2,1-3H3,(H,80,87)/b10-7-,19-16-,27-25-,28-26+,33-31-,37-36-,65-62+. The smallest absolute Gasteiger partial charge is 0.306 e. The van der Waals surface area contributed by atoms with Gasteiger partial charge in [-0.1, -0.05) is 324 Å². The van der Waals surface area contributed by atoms with Crippen molar-refractivity contribution in [1.82, 2.24) is 5.32 Å². The van der Waals surface area contributed by atoms with Gasteiger partial charge in [0.05, 0.1) is 25.4 Å². The molecule has 6 N–H and O–H groups in total. The third-order valence-electron chi connectivity index (χ3n) is 17.5. The molecule has 0 aliphatic carbocycles. The Bertz CT molecular complexity index is 1790. The second-order valence-electron chi connectivity index (χ2n) is 26.0. The van der Waals surface area contributed by atoms with Crippen LogP contribution in [0.3, 0.4) is 0 Å². The molecule has 11 heteroatoms. The van der Waals surface area contributed by atoms with Gasteiger partial charge in [-0.15, -0.1) is 0 Å². The van der Waals surface area contributed by atoms with Gasteiger partial charge in [-0.2, -0.15) is 0 Å². The molecule has 0 saturated carbocycles. The fourth-order valence-electron chi connectivity index (χ4n) is 11.6. The summed E-state index contributed by atoms with van der Waals surface area (Å²) in [5, 5.41) is 57.4. The Morgan fingerprint density at radius 3 is 1.21 bits per heavy atom. The van der Waals surface area contributed by atoms with Gasteiger partial charge in [-0.25, -0.2) is 0 Å². The number of aliphatic hydroxyl groups excluding tert-OH is 5. The molecule has 1 aliphatic rings. The third-order valence-corrected chi connectivity index (χ3v) is 17.5. The molecule has 1 rings (SSSR count). The summed E-state index contributed by atoms with van der Waals surface area (Å²) in [7, 11) is 0. The molecule has 522 valence electrons. The van der Waals surface area contributed by atoms with Gasteiger partial charge >= 0.3 is 5.97 Å². The Labute approximate surface area is 553 Å². The summed E-state index contributed by atoms with van der Waals surface area (Å²) in [5.74, 6) is -1.19. The van der Waals surface area contributed by atoms with Crippen molar-refractivity contribution >= 4 is 11.9 Å². The Morgan fingerprint density at radius 2 is 0.800 bits per heavy atom. The van der Waals surface area contributed by atoms with E-state index in [1.807, 2.05) is 6.08 Å². The number of esters is 1. The fourth-order valence-corrected chi connectivity index (χ4v) is 11.6. The van der Waals surface area contributed by atoms with E-state index in [2.05, 4.69) is 99.0 Å². The number of allylic oxidation sites excluding steroid dienone is 13. The number of carbonyl (C=O) groups is 2. The SMILES string of the molecule is CC/C=C\C/C=C\C/C=C\C/C=C\C/C=C\CCCCCCCCCCCCCC(=O)OC1C(OCC(NC(=O)C(O)CCCCCCCCCCCCCC/C=C/CCCCCCCC)C(O)/C=C/CCCCCCCCCCCC)OC(CO)C(O)C1O. The van der Waals surface area contributed by atoms with Gasteiger partial charge in [0.2, 0.25) is 5.91 Å². The van der Waals surface area contributed by atoms with E-state index in [1.165, 1.54) is 199 Å². The van der Waals surface area contributed by atoms with Gasteiger partial charge in [-0.3, -0.25) is 9.59 Å². The Morgan fingerprint density at radius 1 is 0.444 bits per heavy atom. The molecule has 1 saturated heterocycles. The first-order valence-electron chi connectivity index (χ1n) is 37.9. The van der Waals surface area contributed by atoms with Crippen molar-refractivity contribution in [3.05, 3.63) is 85.1 Å². The molecule has 0 radical (unpaired) electrons. The average molecular weight is 1260 g/mol. The molecule has 11 nitrogen and oxygen atoms in total. The van der Waals surface area contributed by atoms with E-state index < -0.39 is 67.4 Å². The van der Waals surface area contributed by atoms with Crippen molar-refractivity contribution in [2.75, 3.05) is 13.2 Å². The van der Waals surface area contributed by atoms with Crippen LogP contribution < -0.4 is 5.32 Å². The molecule has 1 aliphatic heterocycles. The molecule has 1 heterocycles. The molecular weight excluding hydrogens is 1120 g/mol. The Hall–Kier alpha value is -3.16. The quantitative estimate of drug-likeness (QED) is 0.0195. The number of aliphatic hydroxyl groups is 5. The summed E-state index contributed by atoms with van der Waals surface area (Å²) >= 11 is 0. The first kappa shape index (κ1) is 84.9. The van der Waals surface area contributed by atoms with Crippen molar-refractivity contribution in [1.29, 1.82) is 0 Å². The molecule has 1 fully saturated rings. The van der Waals surface area contributed by atoms with Gasteiger partial charge in [0.25, 0.3) is 0 Å². The summed E-state index contributed by atoms with van der Waals surface area (Å²) in [4.78, 5) is 26.7. The first-order valence-corrected chi connectivity index (χ1v) is 37.9. The zero-order valence-corrected chi connectivity index (χ0v) is 58.2. The number of hydrogen-bond acceptors (Lipinski definition) is 10. The van der Waals surface area contributed by atoms with Crippen molar-refractivity contribution < 1.29 is 49.3 Å². The predicted octanol–water partition coefficient (Wildman–Crippen LogP) is 20.0. The van der Waals surface area contributed by atoms with Crippen LogP contribution in [0.2, 0.25) is 0 Å². The van der Waals surface area contributed by atoms with E-state index in [0.717, 1.165) is 96.3 Å². The van der Waals surface area contributed by atoms with Gasteiger partial charge < -0.3 is 45.1 Å². The summed E-state index contributed by atoms with van der Waals surface area (Å²) in [6.45, 7) is 5.71. The first-order chi connectivity index (χ1) is 44.2. The maximum atomic E-state index is 13.5. The molecular formula is C79H141NO10. The second-order valence-corrected chi connectivity index (χ2v) is 26.0. The molecule has 90 heavy (non-hydrogen) atoms. The minimum absolute atomic E-state index is 0.117. The van der Waals surface area contributed by atoms with E-state index in [4.69, 9.17) is 14.2 Å². The second kappa shape index (κ2) is 65.9. The van der Waals surface area contributed by atoms with Crippen molar-refractivity contribution in [3.8, 4) is 0 Å². The van der Waals surface area contributed by atoms with Gasteiger partial charge in [0.1, 0.15) is 24.4 Å². The topological polar surface area (TPSA) is 175 Å². The molecule has 8 unspecified atom stereocenters. The van der Waals surface area contributed by atoms with Crippen molar-refractivity contribution in [3.63, 3.8) is 0 Å². The van der Waals surface area contributed by atoms with Crippen molar-refractivity contribution in [2.45, 2.75) is 391 Å². The third kappa shape index (κ3) is 52.2. The molecule has 0 spiro atoms. The Balaban J connectivity index is 2.53. The van der Waals surface area contributed by atoms with E-state index in [9.17, 15) is 35.1 Å². The highest BCUT2D eigenvalue weighted by molar-refractivity contribution is 5.80. The summed E-state index contributed by atoms with van der Waals surface area (Å²) in [6.07, 6.45) is 77.7. The lowest BCUT2D eigenvalue weighted by Gasteiger charge is -2.41. The number of carbonyl (C=O) groups excluding carboxylic acids is 2. The van der Waals surface area contributed by atoms with Crippen LogP contribution in [0.5, 0.6) is 0 Å². The lowest BCUT2D eigenvalue weighted by Crippen LogP contribution is -2.61. The zero-order chi connectivity index (χ0) is 65.3. The number of nitrogens with one attached hydrogen (secondary N) is 1. The minimum Gasteiger partial charge on any atom is -0.454 e. The molecule has 1 amide bonds. The van der Waals surface area contributed by atoms with Gasteiger partial charge in [0, 0.05) is 6.42 Å². The van der Waals surface area contributed by atoms with Crippen LogP contribution in [0.4, 0.5) is 0 Å². The molecule has 0 bridgehead atoms. The maximum absolute atomic E-state index is 13.5. The molecule has 0 aromatic carbocycles. The average Bonchev–Trinajstić information content (AvgIpc) is 3.71. The molecule has 0 aromatic heterocycles. The predicted molar refractivity (Wildman–Crippen MR) is 379 cm³/mol. The lowest BCUT2D eigenvalue weighted by molar-refractivity contribution is -0.305. The zero-order valence-electron chi connectivity index (χ0n) is 58.2. The van der Waals surface area contributed by atoms with E-state index >= 15 is 0 Å². The van der Waals surface area contributed by atoms with Crippen molar-refractivity contribution in [2.24, 2.45) is 0 Å². The Kier molecular flexibility index (Phi) is 62.1. The molecule has 8 atom stereocenters. The van der Waals surface area contributed by atoms with Gasteiger partial charge in [-0.05, 0) is 96.3 Å². The number of ether oxygens (including phenoxy) is 3. The number of hydrogen-bond donors (Lipinski definition) is 6. The van der Waals surface area contributed by atoms with Crippen LogP contribution >= 0.6 is 0 Å². The minimum atomic E-state index is -1.62. The highest BCUT2D eigenvalue weighted by atomic mass is 16.7. The van der Waals surface area contributed by atoms with E-state index in [-0.39, 0.29) is 13.0 Å². The normalized spacial score (nSPS) is 18.5.